The Bertz CT molecular complexity index is 662. The monoisotopic (exact) mass is 302 g/mol. The summed E-state index contributed by atoms with van der Waals surface area (Å²) in [5, 5.41) is 6.32. The Morgan fingerprint density at radius 2 is 2.37 bits per heavy atom. The van der Waals surface area contributed by atoms with E-state index in [0.29, 0.717) is 5.69 Å². The van der Waals surface area contributed by atoms with Crippen molar-refractivity contribution in [2.75, 3.05) is 7.11 Å². The predicted octanol–water partition coefficient (Wildman–Crippen LogP) is 0.131. The van der Waals surface area contributed by atoms with Crippen molar-refractivity contribution in [3.8, 4) is 0 Å². The van der Waals surface area contributed by atoms with Gasteiger partial charge in [-0.25, -0.2) is 22.9 Å². The van der Waals surface area contributed by atoms with Gasteiger partial charge < -0.3 is 4.74 Å². The third-order valence-corrected chi connectivity index (χ3v) is 4.94. The summed E-state index contributed by atoms with van der Waals surface area (Å²) in [6, 6.07) is 1.64. The molecule has 2 N–H and O–H groups in total. The van der Waals surface area contributed by atoms with Gasteiger partial charge in [0.15, 0.2) is 9.90 Å². The molecule has 102 valence electrons. The molecule has 0 saturated heterocycles. The zero-order valence-corrected chi connectivity index (χ0v) is 11.4. The fraction of sp³-hybridized carbons (Fsp3) is 0.222. The molecule has 0 amide bonds. The molecule has 0 aliphatic rings. The summed E-state index contributed by atoms with van der Waals surface area (Å²) in [4.78, 5) is 15.1. The number of esters is 1. The Hall–Kier alpha value is -1.78. The Morgan fingerprint density at radius 3 is 3.00 bits per heavy atom. The summed E-state index contributed by atoms with van der Waals surface area (Å²) < 4.78 is 30.8. The molecule has 0 aliphatic carbocycles. The van der Waals surface area contributed by atoms with Gasteiger partial charge in [0.1, 0.15) is 0 Å². The highest BCUT2D eigenvalue weighted by Gasteiger charge is 2.26. The summed E-state index contributed by atoms with van der Waals surface area (Å²) in [5.41, 5.74) is 1.66. The van der Waals surface area contributed by atoms with E-state index < -0.39 is 16.0 Å². The molecule has 2 heterocycles. The number of aromatic amines is 1. The van der Waals surface area contributed by atoms with Gasteiger partial charge in [-0.1, -0.05) is 0 Å². The molecule has 0 spiro atoms. The molecule has 19 heavy (non-hydrogen) atoms. The lowest BCUT2D eigenvalue weighted by Gasteiger charge is -2.04. The molecular weight excluding hydrogens is 292 g/mol. The molecule has 0 aromatic carbocycles. The van der Waals surface area contributed by atoms with Gasteiger partial charge in [-0.3, -0.25) is 5.10 Å². The van der Waals surface area contributed by atoms with Crippen molar-refractivity contribution in [3.05, 3.63) is 29.2 Å². The zero-order valence-electron chi connectivity index (χ0n) is 9.78. The second kappa shape index (κ2) is 5.47. The molecule has 0 saturated carbocycles. The SMILES string of the molecule is COC(=O)c1ncsc1S(=O)(=O)NCc1ccn[nH]1. The van der Waals surface area contributed by atoms with Crippen LogP contribution in [0.5, 0.6) is 0 Å². The minimum absolute atomic E-state index is 0.0425. The van der Waals surface area contributed by atoms with Crippen LogP contribution in [0, 0.1) is 0 Å². The summed E-state index contributed by atoms with van der Waals surface area (Å²) in [5.74, 6) is -0.789. The second-order valence-corrected chi connectivity index (χ2v) is 6.20. The smallest absolute Gasteiger partial charge is 0.358 e. The molecular formula is C9H10N4O4S2. The molecule has 8 nitrogen and oxygen atoms in total. The average Bonchev–Trinajstić information content (AvgIpc) is 3.06. The van der Waals surface area contributed by atoms with E-state index in [0.717, 1.165) is 18.4 Å². The number of hydrogen-bond acceptors (Lipinski definition) is 7. The Kier molecular flexibility index (Phi) is 3.93. The predicted molar refractivity (Wildman–Crippen MR) is 66.1 cm³/mol. The van der Waals surface area contributed by atoms with Gasteiger partial charge in [-0.05, 0) is 6.07 Å². The third kappa shape index (κ3) is 2.97. The highest BCUT2D eigenvalue weighted by molar-refractivity contribution is 7.91. The van der Waals surface area contributed by atoms with Crippen molar-refractivity contribution in [2.45, 2.75) is 10.8 Å². The summed E-state index contributed by atoms with van der Waals surface area (Å²) in [6.45, 7) is 0.0425. The van der Waals surface area contributed by atoms with Crippen LogP contribution in [0.1, 0.15) is 16.2 Å². The molecule has 0 aliphatic heterocycles. The largest absolute Gasteiger partial charge is 0.464 e. The maximum atomic E-state index is 12.0. The van der Waals surface area contributed by atoms with Crippen LogP contribution in [0.15, 0.2) is 22.0 Å². The number of carbonyl (C=O) groups excluding carboxylic acids is 1. The summed E-state index contributed by atoms with van der Waals surface area (Å²) >= 11 is 0.849. The van der Waals surface area contributed by atoms with Crippen LogP contribution >= 0.6 is 11.3 Å². The second-order valence-electron chi connectivity index (χ2n) is 3.39. The minimum atomic E-state index is -3.82. The molecule has 0 radical (unpaired) electrons. The Balaban J connectivity index is 2.20. The van der Waals surface area contributed by atoms with Gasteiger partial charge in [-0.2, -0.15) is 5.10 Å². The number of H-pyrrole nitrogens is 1. The van der Waals surface area contributed by atoms with E-state index in [-0.39, 0.29) is 16.4 Å². The van der Waals surface area contributed by atoms with E-state index in [2.05, 4.69) is 24.6 Å². The van der Waals surface area contributed by atoms with E-state index in [4.69, 9.17) is 0 Å². The number of thiazole rings is 1. The first-order valence-electron chi connectivity index (χ1n) is 5.04. The van der Waals surface area contributed by atoms with Crippen LogP contribution in [-0.2, 0) is 21.3 Å². The number of rotatable bonds is 5. The first-order valence-corrected chi connectivity index (χ1v) is 7.40. The molecule has 0 bridgehead atoms. The average molecular weight is 302 g/mol. The highest BCUT2D eigenvalue weighted by atomic mass is 32.2. The third-order valence-electron chi connectivity index (χ3n) is 2.17. The van der Waals surface area contributed by atoms with Crippen LogP contribution in [0.3, 0.4) is 0 Å². The number of ether oxygens (including phenoxy) is 1. The van der Waals surface area contributed by atoms with Crippen molar-refractivity contribution in [1.29, 1.82) is 0 Å². The lowest BCUT2D eigenvalue weighted by molar-refractivity contribution is 0.0590. The number of nitrogens with zero attached hydrogens (tertiary/aromatic N) is 2. The topological polar surface area (TPSA) is 114 Å². The van der Waals surface area contributed by atoms with E-state index >= 15 is 0 Å². The van der Waals surface area contributed by atoms with Gasteiger partial charge in [0.05, 0.1) is 24.9 Å². The zero-order chi connectivity index (χ0) is 13.9. The molecule has 10 heteroatoms. The van der Waals surface area contributed by atoms with E-state index in [1.54, 1.807) is 6.07 Å². The molecule has 2 aromatic heterocycles. The van der Waals surface area contributed by atoms with Gasteiger partial charge in [0.25, 0.3) is 10.0 Å². The van der Waals surface area contributed by atoms with Crippen LogP contribution in [0.4, 0.5) is 0 Å². The Labute approximate surface area is 112 Å². The van der Waals surface area contributed by atoms with E-state index in [1.165, 1.54) is 11.7 Å². The number of nitrogens with one attached hydrogen (secondary N) is 2. The van der Waals surface area contributed by atoms with Crippen molar-refractivity contribution in [1.82, 2.24) is 19.9 Å². The van der Waals surface area contributed by atoms with Gasteiger partial charge >= 0.3 is 5.97 Å². The first kappa shape index (κ1) is 13.6. The first-order chi connectivity index (χ1) is 9.04. The molecule has 0 atom stereocenters. The standard InChI is InChI=1S/C9H10N4O4S2/c1-17-8(14)7-9(18-5-10-7)19(15,16)12-4-6-2-3-11-13-6/h2-3,5,12H,4H2,1H3,(H,11,13). The number of sulfonamides is 1. The fourth-order valence-corrected chi connectivity index (χ4v) is 3.46. The Morgan fingerprint density at radius 1 is 1.58 bits per heavy atom. The lowest BCUT2D eigenvalue weighted by Crippen LogP contribution is -2.24. The highest BCUT2D eigenvalue weighted by Crippen LogP contribution is 2.20. The minimum Gasteiger partial charge on any atom is -0.464 e. The van der Waals surface area contributed by atoms with Crippen LogP contribution in [0.2, 0.25) is 0 Å². The van der Waals surface area contributed by atoms with Crippen molar-refractivity contribution in [2.24, 2.45) is 0 Å². The van der Waals surface area contributed by atoms with Crippen molar-refractivity contribution in [3.63, 3.8) is 0 Å². The van der Waals surface area contributed by atoms with Gasteiger partial charge in [-0.15, -0.1) is 11.3 Å². The fourth-order valence-electron chi connectivity index (χ4n) is 1.28. The van der Waals surface area contributed by atoms with Crippen LogP contribution in [-0.4, -0.2) is 36.7 Å². The number of hydrogen-bond donors (Lipinski definition) is 2. The maximum absolute atomic E-state index is 12.0. The number of methoxy groups -OCH3 is 1. The van der Waals surface area contributed by atoms with E-state index in [9.17, 15) is 13.2 Å². The van der Waals surface area contributed by atoms with Crippen molar-refractivity contribution < 1.29 is 17.9 Å². The number of aromatic nitrogens is 3. The summed E-state index contributed by atoms with van der Waals surface area (Å²) in [6.07, 6.45) is 1.51. The maximum Gasteiger partial charge on any atom is 0.358 e. The van der Waals surface area contributed by atoms with E-state index in [1.807, 2.05) is 0 Å². The quantitative estimate of drug-likeness (QED) is 0.759. The summed E-state index contributed by atoms with van der Waals surface area (Å²) in [7, 11) is -2.66. The molecule has 2 rings (SSSR count). The normalized spacial score (nSPS) is 11.4. The lowest BCUT2D eigenvalue weighted by atomic mass is 10.4. The van der Waals surface area contributed by atoms with Crippen molar-refractivity contribution >= 4 is 27.3 Å². The van der Waals surface area contributed by atoms with Gasteiger partial charge in [0.2, 0.25) is 0 Å². The molecule has 2 aromatic rings. The molecule has 0 unspecified atom stereocenters. The number of carbonyl (C=O) groups is 1. The van der Waals surface area contributed by atoms with Gasteiger partial charge in [0, 0.05) is 6.20 Å². The van der Waals surface area contributed by atoms with Crippen LogP contribution < -0.4 is 4.72 Å². The van der Waals surface area contributed by atoms with Crippen LogP contribution in [0.25, 0.3) is 0 Å². The molecule has 0 fully saturated rings.